The lowest BCUT2D eigenvalue weighted by atomic mass is 10.2. The molecule has 1 amide bonds. The van der Waals surface area contributed by atoms with Crippen molar-refractivity contribution in [1.82, 2.24) is 25.5 Å². The quantitative estimate of drug-likeness (QED) is 0.739. The first-order chi connectivity index (χ1) is 10.2. The van der Waals surface area contributed by atoms with Gasteiger partial charge in [0.15, 0.2) is 0 Å². The normalized spacial score (nSPS) is 10.6. The van der Waals surface area contributed by atoms with Crippen LogP contribution in [0.15, 0.2) is 24.3 Å². The van der Waals surface area contributed by atoms with E-state index in [1.807, 2.05) is 0 Å². The average Bonchev–Trinajstić information content (AvgIpc) is 2.93. The van der Waals surface area contributed by atoms with Gasteiger partial charge in [-0.05, 0) is 48.9 Å². The van der Waals surface area contributed by atoms with E-state index in [-0.39, 0.29) is 12.5 Å². The molecule has 0 atom stereocenters. The molecule has 112 valence electrons. The maximum atomic E-state index is 11.7. The number of carbonyl (C=O) groups excluding carboxylic acids is 1. The number of aromatic nitrogens is 4. The maximum Gasteiger partial charge on any atom is 0.243 e. The lowest BCUT2D eigenvalue weighted by molar-refractivity contribution is -0.122. The summed E-state index contributed by atoms with van der Waals surface area (Å²) >= 11 is 5.82. The summed E-state index contributed by atoms with van der Waals surface area (Å²) in [5.41, 5.74) is 6.18. The van der Waals surface area contributed by atoms with Crippen LogP contribution in [0.1, 0.15) is 12.8 Å². The minimum absolute atomic E-state index is 0.0449. The number of nitrogens with one attached hydrogen (secondary N) is 1. The first-order valence-electron chi connectivity index (χ1n) is 6.69. The molecule has 1 aromatic heterocycles. The second kappa shape index (κ2) is 7.70. The van der Waals surface area contributed by atoms with Crippen molar-refractivity contribution in [3.8, 4) is 11.4 Å². The highest BCUT2D eigenvalue weighted by Gasteiger charge is 2.08. The fourth-order valence-corrected chi connectivity index (χ4v) is 1.83. The zero-order chi connectivity index (χ0) is 15.1. The monoisotopic (exact) mass is 308 g/mol. The van der Waals surface area contributed by atoms with Crippen LogP contribution in [0.25, 0.3) is 11.4 Å². The van der Waals surface area contributed by atoms with Crippen LogP contribution < -0.4 is 11.1 Å². The van der Waals surface area contributed by atoms with Gasteiger partial charge < -0.3 is 11.1 Å². The minimum atomic E-state index is -0.146. The van der Waals surface area contributed by atoms with E-state index in [9.17, 15) is 4.79 Å². The van der Waals surface area contributed by atoms with Crippen molar-refractivity contribution < 1.29 is 4.79 Å². The van der Waals surface area contributed by atoms with Crippen molar-refractivity contribution in [2.45, 2.75) is 19.4 Å². The van der Waals surface area contributed by atoms with Crippen molar-refractivity contribution in [3.63, 3.8) is 0 Å². The largest absolute Gasteiger partial charge is 0.354 e. The van der Waals surface area contributed by atoms with Gasteiger partial charge >= 0.3 is 0 Å². The molecule has 0 saturated carbocycles. The Morgan fingerprint density at radius 2 is 2.05 bits per heavy atom. The molecule has 1 heterocycles. The summed E-state index contributed by atoms with van der Waals surface area (Å²) in [5.74, 6) is 0.315. The fourth-order valence-electron chi connectivity index (χ4n) is 1.71. The molecule has 0 aliphatic rings. The maximum absolute atomic E-state index is 11.7. The number of nitrogens with two attached hydrogens (primary N) is 1. The Kier molecular flexibility index (Phi) is 5.65. The van der Waals surface area contributed by atoms with Crippen molar-refractivity contribution >= 4 is 17.5 Å². The number of amides is 1. The number of hydrogen-bond donors (Lipinski definition) is 2. The van der Waals surface area contributed by atoms with Gasteiger partial charge in [-0.15, -0.1) is 10.2 Å². The Morgan fingerprint density at radius 1 is 1.29 bits per heavy atom. The van der Waals surface area contributed by atoms with Crippen molar-refractivity contribution in [2.24, 2.45) is 5.73 Å². The summed E-state index contributed by atoms with van der Waals surface area (Å²) in [4.78, 5) is 12.9. The number of hydrogen-bond acceptors (Lipinski definition) is 5. The smallest absolute Gasteiger partial charge is 0.243 e. The molecule has 3 N–H and O–H groups in total. The highest BCUT2D eigenvalue weighted by molar-refractivity contribution is 6.30. The molecule has 0 unspecified atom stereocenters. The lowest BCUT2D eigenvalue weighted by Gasteiger charge is -2.03. The second-order valence-electron chi connectivity index (χ2n) is 4.50. The van der Waals surface area contributed by atoms with E-state index in [1.165, 1.54) is 4.80 Å². The van der Waals surface area contributed by atoms with Crippen molar-refractivity contribution in [1.29, 1.82) is 0 Å². The molecular weight excluding hydrogens is 292 g/mol. The molecule has 7 nitrogen and oxygen atoms in total. The van der Waals surface area contributed by atoms with Gasteiger partial charge in [0.2, 0.25) is 11.7 Å². The van der Waals surface area contributed by atoms with Gasteiger partial charge in [-0.25, -0.2) is 0 Å². The molecule has 2 rings (SSSR count). The lowest BCUT2D eigenvalue weighted by Crippen LogP contribution is -2.29. The van der Waals surface area contributed by atoms with Gasteiger partial charge in [-0.2, -0.15) is 4.80 Å². The van der Waals surface area contributed by atoms with E-state index < -0.39 is 0 Å². The molecule has 8 heteroatoms. The third kappa shape index (κ3) is 4.80. The number of rotatable bonds is 7. The summed E-state index contributed by atoms with van der Waals surface area (Å²) < 4.78 is 0. The standard InChI is InChI=1S/C13H17ClN6O/c14-11-5-3-10(4-6-11)13-17-19-20(18-13)9-12(21)16-8-2-1-7-15/h3-6H,1-2,7-9,15H2,(H,16,21). The van der Waals surface area contributed by atoms with Crippen LogP contribution in [0, 0.1) is 0 Å². The molecule has 2 aromatic rings. The number of tetrazole rings is 1. The number of unbranched alkanes of at least 4 members (excludes halogenated alkanes) is 1. The molecule has 1 aromatic carbocycles. The number of carbonyl (C=O) groups is 1. The SMILES string of the molecule is NCCCCNC(=O)Cn1nnc(-c2ccc(Cl)cc2)n1. The van der Waals surface area contributed by atoms with Crippen LogP contribution in [0.2, 0.25) is 5.02 Å². The Labute approximate surface area is 127 Å². The second-order valence-corrected chi connectivity index (χ2v) is 4.93. The van der Waals surface area contributed by atoms with Crippen LogP contribution in [-0.4, -0.2) is 39.2 Å². The summed E-state index contributed by atoms with van der Waals surface area (Å²) in [6, 6.07) is 7.11. The molecule has 0 fully saturated rings. The van der Waals surface area contributed by atoms with Gasteiger partial charge in [0.05, 0.1) is 0 Å². The van der Waals surface area contributed by atoms with Crippen LogP contribution in [0.3, 0.4) is 0 Å². The number of halogens is 1. The zero-order valence-corrected chi connectivity index (χ0v) is 12.3. The predicted molar refractivity (Wildman–Crippen MR) is 79.6 cm³/mol. The average molecular weight is 309 g/mol. The minimum Gasteiger partial charge on any atom is -0.354 e. The molecule has 0 aliphatic heterocycles. The van der Waals surface area contributed by atoms with Gasteiger partial charge in [-0.3, -0.25) is 4.79 Å². The summed E-state index contributed by atoms with van der Waals surface area (Å²) in [5, 5.41) is 15.4. The number of nitrogens with zero attached hydrogens (tertiary/aromatic N) is 4. The van der Waals surface area contributed by atoms with Gasteiger partial charge in [0.25, 0.3) is 0 Å². The Balaban J connectivity index is 1.88. The van der Waals surface area contributed by atoms with E-state index in [1.54, 1.807) is 24.3 Å². The van der Waals surface area contributed by atoms with Crippen molar-refractivity contribution in [3.05, 3.63) is 29.3 Å². The van der Waals surface area contributed by atoms with Crippen LogP contribution >= 0.6 is 11.6 Å². The zero-order valence-electron chi connectivity index (χ0n) is 11.5. The third-order valence-corrected chi connectivity index (χ3v) is 3.05. The Bertz CT molecular complexity index is 583. The highest BCUT2D eigenvalue weighted by atomic mass is 35.5. The van der Waals surface area contributed by atoms with Gasteiger partial charge in [0.1, 0.15) is 6.54 Å². The Morgan fingerprint density at radius 3 is 2.76 bits per heavy atom. The summed E-state index contributed by atoms with van der Waals surface area (Å²) in [6.45, 7) is 1.28. The molecule has 0 bridgehead atoms. The molecule has 0 aliphatic carbocycles. The van der Waals surface area contributed by atoms with E-state index in [0.717, 1.165) is 18.4 Å². The van der Waals surface area contributed by atoms with Gasteiger partial charge in [0, 0.05) is 17.1 Å². The number of benzene rings is 1. The fraction of sp³-hybridized carbons (Fsp3) is 0.385. The van der Waals surface area contributed by atoms with E-state index in [2.05, 4.69) is 20.7 Å². The predicted octanol–water partition coefficient (Wildman–Crippen LogP) is 0.849. The third-order valence-electron chi connectivity index (χ3n) is 2.79. The van der Waals surface area contributed by atoms with Crippen LogP contribution in [0.5, 0.6) is 0 Å². The topological polar surface area (TPSA) is 98.7 Å². The molecular formula is C13H17ClN6O. The molecule has 0 saturated heterocycles. The highest BCUT2D eigenvalue weighted by Crippen LogP contribution is 2.16. The molecule has 21 heavy (non-hydrogen) atoms. The summed E-state index contributed by atoms with van der Waals surface area (Å²) in [7, 11) is 0. The van der Waals surface area contributed by atoms with Crippen LogP contribution in [-0.2, 0) is 11.3 Å². The molecule has 0 radical (unpaired) electrons. The van der Waals surface area contributed by atoms with Crippen molar-refractivity contribution in [2.75, 3.05) is 13.1 Å². The van der Waals surface area contributed by atoms with E-state index >= 15 is 0 Å². The van der Waals surface area contributed by atoms with Crippen LogP contribution in [0.4, 0.5) is 0 Å². The molecule has 0 spiro atoms. The van der Waals surface area contributed by atoms with E-state index in [0.29, 0.717) is 23.9 Å². The first-order valence-corrected chi connectivity index (χ1v) is 7.07. The summed E-state index contributed by atoms with van der Waals surface area (Å²) in [6.07, 6.45) is 1.76. The van der Waals surface area contributed by atoms with E-state index in [4.69, 9.17) is 17.3 Å². The first kappa shape index (κ1) is 15.4. The Hall–Kier alpha value is -1.99. The van der Waals surface area contributed by atoms with Gasteiger partial charge in [-0.1, -0.05) is 11.6 Å².